The van der Waals surface area contributed by atoms with Gasteiger partial charge in [-0.15, -0.1) is 0 Å². The second-order valence-corrected chi connectivity index (χ2v) is 4.94. The van der Waals surface area contributed by atoms with Crippen LogP contribution in [0.4, 0.5) is 0 Å². The molecule has 0 spiro atoms. The topological polar surface area (TPSA) is 40.5 Å². The zero-order valence-electron chi connectivity index (χ0n) is 8.20. The molecule has 0 saturated heterocycles. The van der Waals surface area contributed by atoms with E-state index in [0.717, 1.165) is 8.95 Å². The van der Waals surface area contributed by atoms with E-state index in [-0.39, 0.29) is 12.5 Å². The molecule has 0 bridgehead atoms. The second-order valence-electron chi connectivity index (χ2n) is 3.11. The molecule has 0 fully saturated rings. The van der Waals surface area contributed by atoms with Crippen LogP contribution in [-0.2, 0) is 0 Å². The van der Waals surface area contributed by atoms with E-state index in [1.165, 1.54) is 4.90 Å². The van der Waals surface area contributed by atoms with Crippen molar-refractivity contribution in [3.8, 4) is 0 Å². The summed E-state index contributed by atoms with van der Waals surface area (Å²) >= 11 is 6.64. The number of nitrogens with zero attached hydrogens (tertiary/aromatic N) is 1. The first kappa shape index (κ1) is 12.7. The summed E-state index contributed by atoms with van der Waals surface area (Å²) in [6, 6.07) is 5.37. The first-order valence-electron chi connectivity index (χ1n) is 4.37. The number of hydrogen-bond donors (Lipinski definition) is 1. The van der Waals surface area contributed by atoms with Crippen LogP contribution in [0, 0.1) is 0 Å². The summed E-state index contributed by atoms with van der Waals surface area (Å²) in [5.41, 5.74) is 0.590. The van der Waals surface area contributed by atoms with Crippen LogP contribution in [-0.4, -0.2) is 36.1 Å². The lowest BCUT2D eigenvalue weighted by atomic mass is 10.2. The lowest BCUT2D eigenvalue weighted by Crippen LogP contribution is -2.29. The first-order valence-corrected chi connectivity index (χ1v) is 5.95. The molecule has 0 radical (unpaired) electrons. The van der Waals surface area contributed by atoms with E-state index in [0.29, 0.717) is 12.1 Å². The predicted molar refractivity (Wildman–Crippen MR) is 65.9 cm³/mol. The van der Waals surface area contributed by atoms with Gasteiger partial charge in [0.05, 0.1) is 6.61 Å². The Morgan fingerprint density at radius 1 is 1.33 bits per heavy atom. The molecular formula is C10H11Br2NO2. The summed E-state index contributed by atoms with van der Waals surface area (Å²) in [7, 11) is 1.66. The number of halogens is 2. The van der Waals surface area contributed by atoms with E-state index < -0.39 is 0 Å². The fraction of sp³-hybridized carbons (Fsp3) is 0.300. The van der Waals surface area contributed by atoms with Gasteiger partial charge in [-0.05, 0) is 18.2 Å². The van der Waals surface area contributed by atoms with Gasteiger partial charge in [0, 0.05) is 28.1 Å². The minimum atomic E-state index is -0.106. The van der Waals surface area contributed by atoms with Crippen LogP contribution in [0.15, 0.2) is 27.1 Å². The fourth-order valence-electron chi connectivity index (χ4n) is 1.15. The van der Waals surface area contributed by atoms with Crippen molar-refractivity contribution in [1.29, 1.82) is 0 Å². The van der Waals surface area contributed by atoms with Gasteiger partial charge in [0.15, 0.2) is 0 Å². The van der Waals surface area contributed by atoms with Crippen molar-refractivity contribution < 1.29 is 9.90 Å². The highest BCUT2D eigenvalue weighted by Crippen LogP contribution is 2.20. The van der Waals surface area contributed by atoms with Crippen molar-refractivity contribution in [3.05, 3.63) is 32.7 Å². The normalized spacial score (nSPS) is 10.1. The van der Waals surface area contributed by atoms with Gasteiger partial charge in [0.1, 0.15) is 0 Å². The molecule has 1 amide bonds. The van der Waals surface area contributed by atoms with Gasteiger partial charge in [-0.25, -0.2) is 0 Å². The second kappa shape index (κ2) is 5.63. The largest absolute Gasteiger partial charge is 0.395 e. The van der Waals surface area contributed by atoms with E-state index in [9.17, 15) is 4.79 Å². The molecule has 0 aliphatic carbocycles. The molecule has 0 unspecified atom stereocenters. The molecule has 82 valence electrons. The van der Waals surface area contributed by atoms with Crippen LogP contribution in [0.25, 0.3) is 0 Å². The lowest BCUT2D eigenvalue weighted by molar-refractivity contribution is 0.0767. The highest BCUT2D eigenvalue weighted by atomic mass is 79.9. The van der Waals surface area contributed by atoms with Crippen LogP contribution in [0.3, 0.4) is 0 Å². The quantitative estimate of drug-likeness (QED) is 0.919. The van der Waals surface area contributed by atoms with Crippen LogP contribution in [0.1, 0.15) is 10.4 Å². The standard InChI is InChI=1S/C10H11Br2NO2/c1-13(2-3-14)10(15)7-4-8(11)6-9(12)5-7/h4-6,14H,2-3H2,1H3. The van der Waals surface area contributed by atoms with Crippen molar-refractivity contribution >= 4 is 37.8 Å². The smallest absolute Gasteiger partial charge is 0.253 e. The number of aliphatic hydroxyl groups excluding tert-OH is 1. The van der Waals surface area contributed by atoms with Crippen LogP contribution >= 0.6 is 31.9 Å². The van der Waals surface area contributed by atoms with E-state index in [2.05, 4.69) is 31.9 Å². The number of carbonyl (C=O) groups is 1. The van der Waals surface area contributed by atoms with Gasteiger partial charge in [-0.3, -0.25) is 4.79 Å². The summed E-state index contributed by atoms with van der Waals surface area (Å²) in [6.07, 6.45) is 0. The van der Waals surface area contributed by atoms with Crippen molar-refractivity contribution in [3.63, 3.8) is 0 Å². The number of amides is 1. The zero-order valence-corrected chi connectivity index (χ0v) is 11.4. The highest BCUT2D eigenvalue weighted by molar-refractivity contribution is 9.11. The van der Waals surface area contributed by atoms with Gasteiger partial charge < -0.3 is 10.0 Å². The summed E-state index contributed by atoms with van der Waals surface area (Å²) < 4.78 is 1.69. The third-order valence-corrected chi connectivity index (χ3v) is 2.81. The summed E-state index contributed by atoms with van der Waals surface area (Å²) in [6.45, 7) is 0.306. The molecule has 0 saturated carbocycles. The fourth-order valence-corrected chi connectivity index (χ4v) is 2.44. The molecule has 3 nitrogen and oxygen atoms in total. The number of rotatable bonds is 3. The Morgan fingerprint density at radius 2 is 1.87 bits per heavy atom. The molecule has 1 aromatic rings. The van der Waals surface area contributed by atoms with E-state index >= 15 is 0 Å². The van der Waals surface area contributed by atoms with Gasteiger partial charge >= 0.3 is 0 Å². The van der Waals surface area contributed by atoms with Gasteiger partial charge in [0.25, 0.3) is 5.91 Å². The maximum Gasteiger partial charge on any atom is 0.253 e. The maximum absolute atomic E-state index is 11.8. The minimum Gasteiger partial charge on any atom is -0.395 e. The molecule has 15 heavy (non-hydrogen) atoms. The van der Waals surface area contributed by atoms with E-state index in [4.69, 9.17) is 5.11 Å². The summed E-state index contributed by atoms with van der Waals surface area (Å²) in [5.74, 6) is -0.106. The highest BCUT2D eigenvalue weighted by Gasteiger charge is 2.11. The molecule has 1 aromatic carbocycles. The first-order chi connectivity index (χ1) is 7.04. The van der Waals surface area contributed by atoms with Gasteiger partial charge in [-0.2, -0.15) is 0 Å². The number of aliphatic hydroxyl groups is 1. The third kappa shape index (κ3) is 3.59. The predicted octanol–water partition coefficient (Wildman–Crippen LogP) is 2.28. The molecule has 1 rings (SSSR count). The van der Waals surface area contributed by atoms with Gasteiger partial charge in [0.2, 0.25) is 0 Å². The molecule has 5 heteroatoms. The van der Waals surface area contributed by atoms with Crippen molar-refractivity contribution in [2.24, 2.45) is 0 Å². The third-order valence-electron chi connectivity index (χ3n) is 1.89. The average Bonchev–Trinajstić information content (AvgIpc) is 2.15. The Bertz CT molecular complexity index is 348. The number of likely N-dealkylation sites (N-methyl/N-ethyl adjacent to an activating group) is 1. The molecule has 1 N–H and O–H groups in total. The molecule has 0 heterocycles. The monoisotopic (exact) mass is 335 g/mol. The maximum atomic E-state index is 11.8. The lowest BCUT2D eigenvalue weighted by Gasteiger charge is -2.15. The Morgan fingerprint density at radius 3 is 2.33 bits per heavy atom. The van der Waals surface area contributed by atoms with Crippen molar-refractivity contribution in [2.75, 3.05) is 20.2 Å². The number of hydrogen-bond acceptors (Lipinski definition) is 2. The summed E-state index contributed by atoms with van der Waals surface area (Å²) in [4.78, 5) is 13.3. The van der Waals surface area contributed by atoms with Crippen molar-refractivity contribution in [1.82, 2.24) is 4.90 Å². The molecule has 0 aromatic heterocycles. The Labute approximate surface area is 105 Å². The zero-order chi connectivity index (χ0) is 11.4. The van der Waals surface area contributed by atoms with Crippen LogP contribution < -0.4 is 0 Å². The van der Waals surface area contributed by atoms with Crippen LogP contribution in [0.5, 0.6) is 0 Å². The van der Waals surface area contributed by atoms with Gasteiger partial charge in [-0.1, -0.05) is 31.9 Å². The Hall–Kier alpha value is -0.390. The molecule has 0 atom stereocenters. The average molecular weight is 337 g/mol. The van der Waals surface area contributed by atoms with E-state index in [1.54, 1.807) is 19.2 Å². The molecular weight excluding hydrogens is 326 g/mol. The number of benzene rings is 1. The summed E-state index contributed by atoms with van der Waals surface area (Å²) in [5, 5.41) is 8.73. The van der Waals surface area contributed by atoms with Crippen LogP contribution in [0.2, 0.25) is 0 Å². The molecule has 0 aliphatic rings. The number of carbonyl (C=O) groups excluding carboxylic acids is 1. The van der Waals surface area contributed by atoms with Crippen molar-refractivity contribution in [2.45, 2.75) is 0 Å². The SMILES string of the molecule is CN(CCO)C(=O)c1cc(Br)cc(Br)c1. The Balaban J connectivity index is 2.90. The molecule has 0 aliphatic heterocycles. The van der Waals surface area contributed by atoms with E-state index in [1.807, 2.05) is 6.07 Å². The Kier molecular flexibility index (Phi) is 4.76. The minimum absolute atomic E-state index is 0.0303.